The summed E-state index contributed by atoms with van der Waals surface area (Å²) in [5, 5.41) is 8.39. The minimum atomic E-state index is 0.736. The van der Waals surface area contributed by atoms with E-state index >= 15 is 0 Å². The van der Waals surface area contributed by atoms with Gasteiger partial charge in [-0.1, -0.05) is 12.1 Å². The molecule has 0 bridgehead atoms. The second-order valence-corrected chi connectivity index (χ2v) is 4.87. The van der Waals surface area contributed by atoms with Crippen LogP contribution in [0.25, 0.3) is 33.4 Å². The fourth-order valence-corrected chi connectivity index (χ4v) is 2.64. The summed E-state index contributed by atoms with van der Waals surface area (Å²) in [5.74, 6) is 0.776. The highest BCUT2D eigenvalue weighted by molar-refractivity contribution is 6.02. The lowest BCUT2D eigenvalue weighted by atomic mass is 10.0. The van der Waals surface area contributed by atoms with Gasteiger partial charge in [0.15, 0.2) is 5.65 Å². The van der Waals surface area contributed by atoms with Crippen LogP contribution in [0.2, 0.25) is 0 Å². The van der Waals surface area contributed by atoms with Crippen LogP contribution in [0.4, 0.5) is 0 Å². The Bertz CT molecular complexity index is 926. The minimum absolute atomic E-state index is 0.736. The summed E-state index contributed by atoms with van der Waals surface area (Å²) >= 11 is 0. The third kappa shape index (κ3) is 1.87. The van der Waals surface area contributed by atoms with E-state index in [1.54, 1.807) is 25.8 Å². The van der Waals surface area contributed by atoms with E-state index < -0.39 is 0 Å². The van der Waals surface area contributed by atoms with Crippen molar-refractivity contribution < 1.29 is 9.15 Å². The van der Waals surface area contributed by atoms with Gasteiger partial charge in [0.05, 0.1) is 25.0 Å². The van der Waals surface area contributed by atoms with Crippen molar-refractivity contribution in [3.63, 3.8) is 0 Å². The van der Waals surface area contributed by atoms with E-state index in [0.717, 1.165) is 39.2 Å². The molecule has 0 aliphatic rings. The molecule has 5 heteroatoms. The van der Waals surface area contributed by atoms with Crippen molar-refractivity contribution in [2.24, 2.45) is 0 Å². The quantitative estimate of drug-likeness (QED) is 0.622. The zero-order valence-corrected chi connectivity index (χ0v) is 11.9. The lowest BCUT2D eigenvalue weighted by Crippen LogP contribution is -1.89. The largest absolute Gasteiger partial charge is 0.496 e. The average Bonchev–Trinajstić information content (AvgIpc) is 3.24. The number of fused-ring (bicyclic) bond motifs is 1. The van der Waals surface area contributed by atoms with E-state index in [1.807, 2.05) is 36.4 Å². The maximum Gasteiger partial charge on any atom is 0.156 e. The van der Waals surface area contributed by atoms with Crippen molar-refractivity contribution in [3.05, 3.63) is 55.1 Å². The number of hydrogen-bond donors (Lipinski definition) is 1. The molecule has 1 N–H and O–H groups in total. The number of H-pyrrole nitrogens is 1. The number of nitrogens with one attached hydrogen (secondary N) is 1. The predicted molar refractivity (Wildman–Crippen MR) is 83.6 cm³/mol. The summed E-state index contributed by atoms with van der Waals surface area (Å²) in [4.78, 5) is 4.36. The van der Waals surface area contributed by atoms with Crippen LogP contribution in [-0.2, 0) is 0 Å². The second-order valence-electron chi connectivity index (χ2n) is 4.87. The first-order valence-corrected chi connectivity index (χ1v) is 6.87. The molecule has 0 amide bonds. The molecule has 0 spiro atoms. The summed E-state index contributed by atoms with van der Waals surface area (Å²) in [6, 6.07) is 11.7. The lowest BCUT2D eigenvalue weighted by Gasteiger charge is -2.07. The van der Waals surface area contributed by atoms with Gasteiger partial charge in [-0.3, -0.25) is 5.10 Å². The van der Waals surface area contributed by atoms with E-state index in [-0.39, 0.29) is 0 Å². The molecule has 0 saturated heterocycles. The van der Waals surface area contributed by atoms with Gasteiger partial charge in [-0.05, 0) is 29.8 Å². The first kappa shape index (κ1) is 12.6. The highest BCUT2D eigenvalue weighted by Gasteiger charge is 2.17. The van der Waals surface area contributed by atoms with E-state index in [9.17, 15) is 0 Å². The van der Waals surface area contributed by atoms with E-state index in [4.69, 9.17) is 9.15 Å². The fourth-order valence-electron chi connectivity index (χ4n) is 2.64. The number of para-hydroxylation sites is 1. The molecule has 0 saturated carbocycles. The van der Waals surface area contributed by atoms with Gasteiger partial charge in [-0.15, -0.1) is 0 Å². The van der Waals surface area contributed by atoms with Crippen LogP contribution >= 0.6 is 0 Å². The monoisotopic (exact) mass is 291 g/mol. The van der Waals surface area contributed by atoms with Gasteiger partial charge in [-0.2, -0.15) is 5.10 Å². The van der Waals surface area contributed by atoms with Gasteiger partial charge in [0, 0.05) is 17.3 Å². The van der Waals surface area contributed by atoms with Gasteiger partial charge in [0.1, 0.15) is 11.4 Å². The average molecular weight is 291 g/mol. The number of aromatic amines is 1. The van der Waals surface area contributed by atoms with Gasteiger partial charge in [0.2, 0.25) is 0 Å². The molecule has 1 aromatic carbocycles. The van der Waals surface area contributed by atoms with Crippen LogP contribution in [-0.4, -0.2) is 22.3 Å². The molecule has 0 aliphatic carbocycles. The Labute approximate surface area is 126 Å². The van der Waals surface area contributed by atoms with Crippen LogP contribution in [0, 0.1) is 0 Å². The molecule has 5 nitrogen and oxygen atoms in total. The number of aromatic nitrogens is 3. The summed E-state index contributed by atoms with van der Waals surface area (Å²) in [6.45, 7) is 0. The third-order valence-electron chi connectivity index (χ3n) is 3.66. The van der Waals surface area contributed by atoms with Crippen LogP contribution in [0.5, 0.6) is 5.75 Å². The molecule has 22 heavy (non-hydrogen) atoms. The normalized spacial score (nSPS) is 11.0. The number of methoxy groups -OCH3 is 1. The van der Waals surface area contributed by atoms with Gasteiger partial charge in [0.25, 0.3) is 0 Å². The topological polar surface area (TPSA) is 63.9 Å². The zero-order valence-electron chi connectivity index (χ0n) is 11.9. The molecular formula is C17H13N3O2. The van der Waals surface area contributed by atoms with Crippen molar-refractivity contribution in [1.29, 1.82) is 0 Å². The SMILES string of the molecule is COc1ccccc1-c1n[nH]c2nccc(-c3ccoc3)c12. The molecular weight excluding hydrogens is 278 g/mol. The number of furan rings is 1. The summed E-state index contributed by atoms with van der Waals surface area (Å²) in [7, 11) is 1.66. The van der Waals surface area contributed by atoms with Gasteiger partial charge < -0.3 is 9.15 Å². The highest BCUT2D eigenvalue weighted by Crippen LogP contribution is 2.37. The van der Waals surface area contributed by atoms with Crippen molar-refractivity contribution >= 4 is 11.0 Å². The molecule has 0 fully saturated rings. The summed E-state index contributed by atoms with van der Waals surface area (Å²) < 4.78 is 10.7. The summed E-state index contributed by atoms with van der Waals surface area (Å²) in [6.07, 6.45) is 5.13. The highest BCUT2D eigenvalue weighted by atomic mass is 16.5. The molecule has 0 radical (unpaired) electrons. The standard InChI is InChI=1S/C17H13N3O2/c1-21-14-5-3-2-4-13(14)16-15-12(11-7-9-22-10-11)6-8-18-17(15)20-19-16/h2-10H,1H3,(H,18,19,20). The first-order valence-electron chi connectivity index (χ1n) is 6.87. The van der Waals surface area contributed by atoms with Crippen LogP contribution in [0.15, 0.2) is 59.5 Å². The molecule has 108 valence electrons. The molecule has 3 aromatic heterocycles. The number of pyridine rings is 1. The smallest absolute Gasteiger partial charge is 0.156 e. The Hall–Kier alpha value is -3.08. The third-order valence-corrected chi connectivity index (χ3v) is 3.66. The number of hydrogen-bond acceptors (Lipinski definition) is 4. The van der Waals surface area contributed by atoms with Crippen LogP contribution in [0.1, 0.15) is 0 Å². The summed E-state index contributed by atoms with van der Waals surface area (Å²) in [5.41, 5.74) is 4.49. The molecule has 0 aliphatic heterocycles. The Morgan fingerprint density at radius 2 is 2.00 bits per heavy atom. The lowest BCUT2D eigenvalue weighted by molar-refractivity contribution is 0.416. The number of benzene rings is 1. The molecule has 3 heterocycles. The van der Waals surface area contributed by atoms with Crippen molar-refractivity contribution in [3.8, 4) is 28.1 Å². The molecule has 4 aromatic rings. The van der Waals surface area contributed by atoms with E-state index in [1.165, 1.54) is 0 Å². The maximum atomic E-state index is 5.46. The molecule has 0 atom stereocenters. The van der Waals surface area contributed by atoms with Gasteiger partial charge >= 0.3 is 0 Å². The van der Waals surface area contributed by atoms with Crippen molar-refractivity contribution in [2.45, 2.75) is 0 Å². The Morgan fingerprint density at radius 3 is 2.82 bits per heavy atom. The van der Waals surface area contributed by atoms with Crippen molar-refractivity contribution in [1.82, 2.24) is 15.2 Å². The molecule has 4 rings (SSSR count). The predicted octanol–water partition coefficient (Wildman–Crippen LogP) is 3.89. The number of rotatable bonds is 3. The maximum absolute atomic E-state index is 5.46. The first-order chi connectivity index (χ1) is 10.9. The van der Waals surface area contributed by atoms with Crippen molar-refractivity contribution in [2.75, 3.05) is 7.11 Å². The Balaban J connectivity index is 2.04. The Kier molecular flexibility index (Phi) is 2.89. The number of ether oxygens (including phenoxy) is 1. The molecule has 0 unspecified atom stereocenters. The fraction of sp³-hybridized carbons (Fsp3) is 0.0588. The zero-order chi connectivity index (χ0) is 14.9. The van der Waals surface area contributed by atoms with Crippen LogP contribution in [0.3, 0.4) is 0 Å². The van der Waals surface area contributed by atoms with Crippen LogP contribution < -0.4 is 4.74 Å². The van der Waals surface area contributed by atoms with Gasteiger partial charge in [-0.25, -0.2) is 4.98 Å². The number of nitrogens with zero attached hydrogens (tertiary/aromatic N) is 2. The minimum Gasteiger partial charge on any atom is -0.496 e. The Morgan fingerprint density at radius 1 is 1.09 bits per heavy atom. The van der Waals surface area contributed by atoms with E-state index in [0.29, 0.717) is 0 Å². The van der Waals surface area contributed by atoms with E-state index in [2.05, 4.69) is 15.2 Å². The second kappa shape index (κ2) is 5.04.